The molecule has 0 spiro atoms. The molecule has 1 aliphatic heterocycles. The number of nitrogens with zero attached hydrogens (tertiary/aromatic N) is 4. The number of halogens is 1. The quantitative estimate of drug-likeness (QED) is 0.670. The molecule has 1 fully saturated rings. The lowest BCUT2D eigenvalue weighted by atomic mass is 10.2. The highest BCUT2D eigenvalue weighted by Crippen LogP contribution is 2.25. The van der Waals surface area contributed by atoms with Crippen molar-refractivity contribution in [2.45, 2.75) is 6.54 Å². The molecule has 1 aromatic carbocycles. The first-order valence-corrected chi connectivity index (χ1v) is 10.1. The second-order valence-electron chi connectivity index (χ2n) is 6.47. The lowest BCUT2D eigenvalue weighted by Gasteiger charge is -2.34. The van der Waals surface area contributed by atoms with Gasteiger partial charge in [-0.25, -0.2) is 4.98 Å². The van der Waals surface area contributed by atoms with Crippen LogP contribution >= 0.6 is 22.9 Å². The molecule has 0 aliphatic carbocycles. The van der Waals surface area contributed by atoms with E-state index in [4.69, 9.17) is 11.6 Å². The number of amides is 1. The van der Waals surface area contributed by atoms with Gasteiger partial charge in [-0.3, -0.25) is 14.7 Å². The molecule has 4 rings (SSSR count). The Balaban J connectivity index is 1.36. The van der Waals surface area contributed by atoms with Gasteiger partial charge >= 0.3 is 0 Å². The predicted molar refractivity (Wildman–Crippen MR) is 108 cm³/mol. The van der Waals surface area contributed by atoms with Gasteiger partial charge in [0.05, 0.1) is 0 Å². The maximum Gasteiger partial charge on any atom is 0.273 e. The zero-order chi connectivity index (χ0) is 18.6. The number of benzene rings is 1. The van der Waals surface area contributed by atoms with Crippen molar-refractivity contribution in [2.24, 2.45) is 0 Å². The molecule has 1 saturated heterocycles. The highest BCUT2D eigenvalue weighted by Gasteiger charge is 2.24. The maximum absolute atomic E-state index is 12.8. The van der Waals surface area contributed by atoms with Crippen LogP contribution < -0.4 is 0 Å². The fourth-order valence-corrected chi connectivity index (χ4v) is 4.04. The SMILES string of the molecule is O=C(c1csc(-c2ccc(Cl)cc2)n1)N1CCN(Cc2cccnc2)CC1. The third-order valence-corrected chi connectivity index (χ3v) is 5.75. The van der Waals surface area contributed by atoms with E-state index in [1.165, 1.54) is 16.9 Å². The van der Waals surface area contributed by atoms with Crippen molar-refractivity contribution in [2.75, 3.05) is 26.2 Å². The van der Waals surface area contributed by atoms with Crippen LogP contribution in [0.25, 0.3) is 10.6 Å². The van der Waals surface area contributed by atoms with E-state index in [-0.39, 0.29) is 5.91 Å². The van der Waals surface area contributed by atoms with E-state index in [9.17, 15) is 4.79 Å². The van der Waals surface area contributed by atoms with Crippen LogP contribution in [0.15, 0.2) is 54.2 Å². The van der Waals surface area contributed by atoms with Gasteiger partial charge in [-0.15, -0.1) is 11.3 Å². The minimum absolute atomic E-state index is 0.00694. The zero-order valence-corrected chi connectivity index (χ0v) is 16.3. The van der Waals surface area contributed by atoms with Crippen LogP contribution in [0.4, 0.5) is 0 Å². The van der Waals surface area contributed by atoms with Crippen molar-refractivity contribution >= 4 is 28.8 Å². The first-order chi connectivity index (χ1) is 13.2. The van der Waals surface area contributed by atoms with Crippen molar-refractivity contribution in [1.29, 1.82) is 0 Å². The highest BCUT2D eigenvalue weighted by atomic mass is 35.5. The number of aromatic nitrogens is 2. The Bertz CT molecular complexity index is 905. The smallest absolute Gasteiger partial charge is 0.273 e. The fraction of sp³-hybridized carbons (Fsp3) is 0.250. The van der Waals surface area contributed by atoms with E-state index in [2.05, 4.69) is 20.9 Å². The van der Waals surface area contributed by atoms with Gasteiger partial charge in [0, 0.05) is 61.1 Å². The summed E-state index contributed by atoms with van der Waals surface area (Å²) in [5.74, 6) is 0.00694. The number of rotatable bonds is 4. The number of carbonyl (C=O) groups excluding carboxylic acids is 1. The fourth-order valence-electron chi connectivity index (χ4n) is 3.12. The van der Waals surface area contributed by atoms with E-state index in [1.807, 2.05) is 46.8 Å². The molecule has 0 unspecified atom stereocenters. The first-order valence-electron chi connectivity index (χ1n) is 8.81. The minimum atomic E-state index is 0.00694. The molecule has 27 heavy (non-hydrogen) atoms. The Morgan fingerprint density at radius 2 is 1.89 bits per heavy atom. The summed E-state index contributed by atoms with van der Waals surface area (Å²) in [6, 6.07) is 11.6. The van der Waals surface area contributed by atoms with Crippen molar-refractivity contribution in [1.82, 2.24) is 19.8 Å². The topological polar surface area (TPSA) is 49.3 Å². The Hall–Kier alpha value is -2.28. The maximum atomic E-state index is 12.8. The second kappa shape index (κ2) is 8.17. The molecule has 0 saturated carbocycles. The Morgan fingerprint density at radius 1 is 1.11 bits per heavy atom. The molecule has 3 aromatic rings. The summed E-state index contributed by atoms with van der Waals surface area (Å²) in [6.45, 7) is 4.01. The third kappa shape index (κ3) is 4.35. The van der Waals surface area contributed by atoms with Crippen molar-refractivity contribution < 1.29 is 4.79 Å². The van der Waals surface area contributed by atoms with Crippen LogP contribution in [-0.2, 0) is 6.54 Å². The summed E-state index contributed by atoms with van der Waals surface area (Å²) < 4.78 is 0. The van der Waals surface area contributed by atoms with Crippen LogP contribution in [-0.4, -0.2) is 51.9 Å². The van der Waals surface area contributed by atoms with E-state index in [0.717, 1.165) is 30.2 Å². The normalized spacial score (nSPS) is 15.1. The van der Waals surface area contributed by atoms with Crippen LogP contribution in [0.1, 0.15) is 16.1 Å². The van der Waals surface area contributed by atoms with Crippen LogP contribution in [0, 0.1) is 0 Å². The summed E-state index contributed by atoms with van der Waals surface area (Å²) in [5, 5.41) is 3.37. The first kappa shape index (κ1) is 18.1. The van der Waals surface area contributed by atoms with Gasteiger partial charge in [0.25, 0.3) is 5.91 Å². The summed E-state index contributed by atoms with van der Waals surface area (Å²) in [4.78, 5) is 25.7. The van der Waals surface area contributed by atoms with Crippen molar-refractivity contribution in [3.63, 3.8) is 0 Å². The molecule has 0 radical (unpaired) electrons. The summed E-state index contributed by atoms with van der Waals surface area (Å²) in [7, 11) is 0. The van der Waals surface area contributed by atoms with Gasteiger partial charge in [-0.2, -0.15) is 0 Å². The summed E-state index contributed by atoms with van der Waals surface area (Å²) in [5.41, 5.74) is 2.69. The molecular weight excluding hydrogens is 380 g/mol. The molecule has 1 aliphatic rings. The molecule has 0 N–H and O–H groups in total. The van der Waals surface area contributed by atoms with Gasteiger partial charge in [0.2, 0.25) is 0 Å². The number of piperazine rings is 1. The van der Waals surface area contributed by atoms with E-state index in [0.29, 0.717) is 23.8 Å². The number of thiazole rings is 1. The molecule has 0 bridgehead atoms. The molecular formula is C20H19ClN4OS. The van der Waals surface area contributed by atoms with Gasteiger partial charge in [-0.05, 0) is 23.8 Å². The minimum Gasteiger partial charge on any atom is -0.335 e. The van der Waals surface area contributed by atoms with E-state index >= 15 is 0 Å². The van der Waals surface area contributed by atoms with Crippen molar-refractivity contribution in [3.05, 3.63) is 70.5 Å². The molecule has 0 atom stereocenters. The van der Waals surface area contributed by atoms with E-state index < -0.39 is 0 Å². The van der Waals surface area contributed by atoms with E-state index in [1.54, 1.807) is 6.20 Å². The lowest BCUT2D eigenvalue weighted by Crippen LogP contribution is -2.48. The average Bonchev–Trinajstić information content (AvgIpc) is 3.20. The Kier molecular flexibility index (Phi) is 5.48. The van der Waals surface area contributed by atoms with Gasteiger partial charge in [0.15, 0.2) is 0 Å². The Labute approximate surface area is 167 Å². The Morgan fingerprint density at radius 3 is 2.59 bits per heavy atom. The number of carbonyl (C=O) groups is 1. The third-order valence-electron chi connectivity index (χ3n) is 4.60. The predicted octanol–water partition coefficient (Wildman–Crippen LogP) is 3.82. The lowest BCUT2D eigenvalue weighted by molar-refractivity contribution is 0.0623. The molecule has 2 aromatic heterocycles. The molecule has 5 nitrogen and oxygen atoms in total. The summed E-state index contributed by atoms with van der Waals surface area (Å²) in [6.07, 6.45) is 3.68. The van der Waals surface area contributed by atoms with Gasteiger partial charge < -0.3 is 4.90 Å². The van der Waals surface area contributed by atoms with Crippen LogP contribution in [0.2, 0.25) is 5.02 Å². The average molecular weight is 399 g/mol. The highest BCUT2D eigenvalue weighted by molar-refractivity contribution is 7.13. The molecule has 7 heteroatoms. The zero-order valence-electron chi connectivity index (χ0n) is 14.7. The summed E-state index contributed by atoms with van der Waals surface area (Å²) >= 11 is 7.42. The standard InChI is InChI=1S/C20H19ClN4OS/c21-17-5-3-16(4-6-17)19-23-18(14-27-19)20(26)25-10-8-24(9-11-25)13-15-2-1-7-22-12-15/h1-7,12,14H,8-11,13H2. The van der Waals surface area contributed by atoms with Crippen LogP contribution in [0.3, 0.4) is 0 Å². The van der Waals surface area contributed by atoms with Gasteiger partial charge in [0.1, 0.15) is 10.7 Å². The molecule has 3 heterocycles. The van der Waals surface area contributed by atoms with Crippen molar-refractivity contribution in [3.8, 4) is 10.6 Å². The number of hydrogen-bond donors (Lipinski definition) is 0. The number of pyridine rings is 1. The monoisotopic (exact) mass is 398 g/mol. The number of hydrogen-bond acceptors (Lipinski definition) is 5. The molecule has 138 valence electrons. The van der Waals surface area contributed by atoms with Gasteiger partial charge in [-0.1, -0.05) is 29.8 Å². The second-order valence-corrected chi connectivity index (χ2v) is 7.77. The van der Waals surface area contributed by atoms with Crippen LogP contribution in [0.5, 0.6) is 0 Å². The largest absolute Gasteiger partial charge is 0.335 e. The molecule has 1 amide bonds.